The second-order valence-corrected chi connectivity index (χ2v) is 16.6. The van der Waals surface area contributed by atoms with Crippen LogP contribution in [0.5, 0.6) is 0 Å². The van der Waals surface area contributed by atoms with Crippen LogP contribution in [-0.2, 0) is 5.41 Å². The van der Waals surface area contributed by atoms with Crippen molar-refractivity contribution < 1.29 is 4.42 Å². The van der Waals surface area contributed by atoms with E-state index in [0.717, 1.165) is 60.9 Å². The summed E-state index contributed by atoms with van der Waals surface area (Å²) in [6, 6.07) is 67.0. The van der Waals surface area contributed by atoms with Gasteiger partial charge in [-0.05, 0) is 92.7 Å². The molecule has 4 heteroatoms. The molecule has 61 heavy (non-hydrogen) atoms. The molecule has 0 atom stereocenters. The van der Waals surface area contributed by atoms with Gasteiger partial charge in [-0.1, -0.05) is 183 Å². The summed E-state index contributed by atoms with van der Waals surface area (Å²) in [5.74, 6) is 1.78. The Kier molecular flexibility index (Phi) is 8.38. The molecule has 12 rings (SSSR count). The van der Waals surface area contributed by atoms with Gasteiger partial charge in [-0.25, -0.2) is 15.0 Å². The molecule has 8 aromatic carbocycles. The Morgan fingerprint density at radius 2 is 0.869 bits per heavy atom. The Bertz CT molecular complexity index is 3270. The van der Waals surface area contributed by atoms with Crippen molar-refractivity contribution in [1.82, 2.24) is 15.0 Å². The lowest BCUT2D eigenvalue weighted by Gasteiger charge is -2.36. The molecule has 2 aromatic heterocycles. The largest absolute Gasteiger partial charge is 0.455 e. The van der Waals surface area contributed by atoms with Gasteiger partial charge in [0.05, 0.1) is 5.56 Å². The van der Waals surface area contributed by atoms with Gasteiger partial charge in [-0.15, -0.1) is 0 Å². The number of furan rings is 1. The van der Waals surface area contributed by atoms with Crippen molar-refractivity contribution in [2.75, 3.05) is 0 Å². The maximum Gasteiger partial charge on any atom is 0.167 e. The minimum atomic E-state index is 0.180. The summed E-state index contributed by atoms with van der Waals surface area (Å²) in [7, 11) is 0. The number of fused-ring (bicyclic) bond motifs is 8. The third-order valence-corrected chi connectivity index (χ3v) is 13.2. The van der Waals surface area contributed by atoms with Gasteiger partial charge in [0, 0.05) is 27.3 Å². The zero-order valence-corrected chi connectivity index (χ0v) is 33.7. The molecule has 10 aromatic rings. The van der Waals surface area contributed by atoms with Crippen LogP contribution < -0.4 is 0 Å². The summed E-state index contributed by atoms with van der Waals surface area (Å²) in [5, 5.41) is 2.10. The van der Waals surface area contributed by atoms with E-state index in [1.165, 1.54) is 65.5 Å². The van der Waals surface area contributed by atoms with Gasteiger partial charge < -0.3 is 4.42 Å². The van der Waals surface area contributed by atoms with Gasteiger partial charge >= 0.3 is 0 Å². The zero-order valence-electron chi connectivity index (χ0n) is 33.7. The van der Waals surface area contributed by atoms with E-state index in [-0.39, 0.29) is 5.41 Å². The van der Waals surface area contributed by atoms with Crippen molar-refractivity contribution in [2.24, 2.45) is 0 Å². The first kappa shape index (κ1) is 35.5. The van der Waals surface area contributed by atoms with Crippen molar-refractivity contribution in [1.29, 1.82) is 0 Å². The third-order valence-electron chi connectivity index (χ3n) is 13.2. The van der Waals surface area contributed by atoms with Crippen LogP contribution in [-0.4, -0.2) is 15.0 Å². The van der Waals surface area contributed by atoms with Gasteiger partial charge in [0.1, 0.15) is 11.2 Å². The van der Waals surface area contributed by atoms with E-state index >= 15 is 0 Å². The van der Waals surface area contributed by atoms with Crippen molar-refractivity contribution in [3.8, 4) is 78.7 Å². The molecule has 0 saturated heterocycles. The normalized spacial score (nSPS) is 14.0. The lowest BCUT2D eigenvalue weighted by molar-refractivity contribution is 0.353. The van der Waals surface area contributed by atoms with Crippen molar-refractivity contribution >= 4 is 21.9 Å². The summed E-state index contributed by atoms with van der Waals surface area (Å²) in [6.45, 7) is 0. The van der Waals surface area contributed by atoms with Gasteiger partial charge in [0.25, 0.3) is 0 Å². The molecule has 2 aliphatic rings. The molecule has 1 saturated carbocycles. The number of benzene rings is 8. The van der Waals surface area contributed by atoms with Crippen molar-refractivity contribution in [3.63, 3.8) is 0 Å². The number of hydrogen-bond donors (Lipinski definition) is 0. The standard InChI is InChI=1S/C57H41N3O/c1-3-13-37(14-4-1)42-15-11-16-44(35-42)55-58-54(59-56(60-55)48-20-12-19-47-46-18-6-8-22-52(46)61-53(47)48)41-29-27-39(28-30-41)38-23-25-40(26-24-38)43-31-32-51-49(36-43)45-17-5-7-21-50(45)57(51)33-9-2-10-34-57/h1,3-8,11-32,35-36H,2,9-10,33-34H2. The topological polar surface area (TPSA) is 51.8 Å². The fraction of sp³-hybridized carbons (Fsp3) is 0.105. The Morgan fingerprint density at radius 1 is 0.344 bits per heavy atom. The second kappa shape index (κ2) is 14.4. The first-order valence-electron chi connectivity index (χ1n) is 21.5. The SMILES string of the molecule is c1ccc(-c2cccc(-c3nc(-c4ccc(-c5ccc(-c6ccc7c(c6)-c6ccccc6C76CCCCC6)cc5)cc4)nc(-c4cccc5c4oc4ccccc45)n3)c2)cc1. The lowest BCUT2D eigenvalue weighted by Crippen LogP contribution is -2.27. The fourth-order valence-corrected chi connectivity index (χ4v) is 10.2. The number of aromatic nitrogens is 3. The van der Waals surface area contributed by atoms with Crippen LogP contribution in [0.15, 0.2) is 192 Å². The Balaban J connectivity index is 0.894. The highest BCUT2D eigenvalue weighted by atomic mass is 16.3. The van der Waals surface area contributed by atoms with E-state index in [1.54, 1.807) is 0 Å². The maximum atomic E-state index is 6.46. The van der Waals surface area contributed by atoms with Crippen LogP contribution in [0, 0.1) is 0 Å². The molecule has 0 amide bonds. The first-order valence-corrected chi connectivity index (χ1v) is 21.5. The summed E-state index contributed by atoms with van der Waals surface area (Å²) < 4.78 is 6.46. The summed E-state index contributed by atoms with van der Waals surface area (Å²) in [5.41, 5.74) is 17.4. The average molecular weight is 784 g/mol. The van der Waals surface area contributed by atoms with Gasteiger partial charge in [-0.2, -0.15) is 0 Å². The minimum absolute atomic E-state index is 0.180. The molecule has 290 valence electrons. The molecule has 0 N–H and O–H groups in total. The summed E-state index contributed by atoms with van der Waals surface area (Å²) >= 11 is 0. The summed E-state index contributed by atoms with van der Waals surface area (Å²) in [6.07, 6.45) is 6.46. The molecule has 4 nitrogen and oxygen atoms in total. The molecule has 0 unspecified atom stereocenters. The van der Waals surface area contributed by atoms with E-state index in [1.807, 2.05) is 30.3 Å². The lowest BCUT2D eigenvalue weighted by atomic mass is 9.68. The highest BCUT2D eigenvalue weighted by Gasteiger charge is 2.43. The highest BCUT2D eigenvalue weighted by Crippen LogP contribution is 2.56. The molecule has 2 heterocycles. The van der Waals surface area contributed by atoms with Crippen molar-refractivity contribution in [2.45, 2.75) is 37.5 Å². The molecule has 1 fully saturated rings. The van der Waals surface area contributed by atoms with Crippen LogP contribution in [0.2, 0.25) is 0 Å². The zero-order chi connectivity index (χ0) is 40.3. The van der Waals surface area contributed by atoms with Gasteiger partial charge in [0.2, 0.25) is 0 Å². The molecule has 0 radical (unpaired) electrons. The maximum absolute atomic E-state index is 6.46. The van der Waals surface area contributed by atoms with Crippen LogP contribution in [0.4, 0.5) is 0 Å². The highest BCUT2D eigenvalue weighted by molar-refractivity contribution is 6.09. The van der Waals surface area contributed by atoms with E-state index in [4.69, 9.17) is 19.4 Å². The molecule has 2 aliphatic carbocycles. The smallest absolute Gasteiger partial charge is 0.167 e. The second-order valence-electron chi connectivity index (χ2n) is 16.6. The Morgan fingerprint density at radius 3 is 1.67 bits per heavy atom. The van der Waals surface area contributed by atoms with E-state index in [0.29, 0.717) is 17.5 Å². The van der Waals surface area contributed by atoms with E-state index < -0.39 is 0 Å². The Labute approximate surface area is 355 Å². The molecular weight excluding hydrogens is 743 g/mol. The van der Waals surface area contributed by atoms with Gasteiger partial charge in [0.15, 0.2) is 17.5 Å². The van der Waals surface area contributed by atoms with Crippen LogP contribution in [0.3, 0.4) is 0 Å². The summed E-state index contributed by atoms with van der Waals surface area (Å²) in [4.78, 5) is 15.4. The molecular formula is C57H41N3O. The first-order chi connectivity index (χ1) is 30.2. The van der Waals surface area contributed by atoms with Crippen LogP contribution >= 0.6 is 0 Å². The molecule has 0 bridgehead atoms. The number of nitrogens with zero attached hydrogens (tertiary/aromatic N) is 3. The van der Waals surface area contributed by atoms with E-state index in [2.05, 4.69) is 158 Å². The number of rotatable bonds is 6. The van der Waals surface area contributed by atoms with Crippen LogP contribution in [0.25, 0.3) is 101 Å². The average Bonchev–Trinajstić information content (AvgIpc) is 3.85. The minimum Gasteiger partial charge on any atom is -0.455 e. The van der Waals surface area contributed by atoms with Crippen LogP contribution in [0.1, 0.15) is 43.2 Å². The van der Waals surface area contributed by atoms with Gasteiger partial charge in [-0.3, -0.25) is 0 Å². The van der Waals surface area contributed by atoms with E-state index in [9.17, 15) is 0 Å². The fourth-order valence-electron chi connectivity index (χ4n) is 10.2. The number of hydrogen-bond acceptors (Lipinski definition) is 4. The van der Waals surface area contributed by atoms with Crippen molar-refractivity contribution in [3.05, 3.63) is 199 Å². The predicted octanol–water partition coefficient (Wildman–Crippen LogP) is 15.0. The predicted molar refractivity (Wildman–Crippen MR) is 249 cm³/mol. The molecule has 0 aliphatic heterocycles. The monoisotopic (exact) mass is 783 g/mol. The Hall–Kier alpha value is -7.43. The number of para-hydroxylation sites is 2. The quantitative estimate of drug-likeness (QED) is 0.169. The third kappa shape index (κ3) is 6.01. The molecule has 1 spiro atoms.